The second kappa shape index (κ2) is 8.04. The van der Waals surface area contributed by atoms with Crippen LogP contribution >= 0.6 is 15.9 Å². The Morgan fingerprint density at radius 2 is 2.00 bits per heavy atom. The van der Waals surface area contributed by atoms with Crippen LogP contribution in [0.4, 0.5) is 0 Å². The summed E-state index contributed by atoms with van der Waals surface area (Å²) in [6, 6.07) is 5.26. The van der Waals surface area contributed by atoms with E-state index in [0.29, 0.717) is 23.6 Å². The molecule has 1 aromatic rings. The zero-order valence-electron chi connectivity index (χ0n) is 11.6. The standard InChI is InChI=1S/C14H20BrNO3/c1-4-8-16(9-7-15)14(17)12-10-11(18-2)5-6-13(12)19-3/h5-6,10H,4,7-9H2,1-3H3. The number of amides is 1. The summed E-state index contributed by atoms with van der Waals surface area (Å²) in [5.41, 5.74) is 0.538. The molecule has 0 aliphatic heterocycles. The summed E-state index contributed by atoms with van der Waals surface area (Å²) in [5, 5.41) is 0.755. The van der Waals surface area contributed by atoms with Gasteiger partial charge in [0.15, 0.2) is 0 Å². The summed E-state index contributed by atoms with van der Waals surface area (Å²) in [4.78, 5) is 14.4. The first kappa shape index (κ1) is 15.8. The summed E-state index contributed by atoms with van der Waals surface area (Å²) in [6.07, 6.45) is 0.922. The number of hydrogen-bond acceptors (Lipinski definition) is 3. The number of carbonyl (C=O) groups is 1. The van der Waals surface area contributed by atoms with E-state index in [1.807, 2.05) is 4.90 Å². The van der Waals surface area contributed by atoms with Gasteiger partial charge in [-0.1, -0.05) is 22.9 Å². The molecule has 0 fully saturated rings. The van der Waals surface area contributed by atoms with Crippen molar-refractivity contribution in [1.82, 2.24) is 4.90 Å². The van der Waals surface area contributed by atoms with Gasteiger partial charge in [0.2, 0.25) is 0 Å². The van der Waals surface area contributed by atoms with Crippen LogP contribution in [0.5, 0.6) is 11.5 Å². The molecule has 0 saturated carbocycles. The minimum atomic E-state index is -0.0305. The van der Waals surface area contributed by atoms with E-state index >= 15 is 0 Å². The van der Waals surface area contributed by atoms with Crippen LogP contribution in [0.3, 0.4) is 0 Å². The van der Waals surface area contributed by atoms with Gasteiger partial charge in [0, 0.05) is 18.4 Å². The van der Waals surface area contributed by atoms with Crippen molar-refractivity contribution in [2.75, 3.05) is 32.6 Å². The van der Waals surface area contributed by atoms with Crippen LogP contribution in [0.25, 0.3) is 0 Å². The fraction of sp³-hybridized carbons (Fsp3) is 0.500. The first-order valence-electron chi connectivity index (χ1n) is 6.25. The zero-order valence-corrected chi connectivity index (χ0v) is 13.2. The number of benzene rings is 1. The second-order valence-electron chi connectivity index (χ2n) is 4.05. The van der Waals surface area contributed by atoms with Crippen molar-refractivity contribution in [1.29, 1.82) is 0 Å². The quantitative estimate of drug-likeness (QED) is 0.722. The minimum absolute atomic E-state index is 0.0305. The average Bonchev–Trinajstić information content (AvgIpc) is 2.45. The molecule has 1 aromatic carbocycles. The maximum atomic E-state index is 12.5. The average molecular weight is 330 g/mol. The summed E-state index contributed by atoms with van der Waals surface area (Å²) >= 11 is 3.37. The molecule has 106 valence electrons. The smallest absolute Gasteiger partial charge is 0.257 e. The maximum absolute atomic E-state index is 12.5. The highest BCUT2D eigenvalue weighted by atomic mass is 79.9. The number of ether oxygens (including phenoxy) is 2. The Hall–Kier alpha value is -1.23. The molecule has 1 amide bonds. The van der Waals surface area contributed by atoms with Gasteiger partial charge in [-0.05, 0) is 24.6 Å². The summed E-state index contributed by atoms with van der Waals surface area (Å²) in [5.74, 6) is 1.19. The van der Waals surface area contributed by atoms with Crippen LogP contribution in [0, 0.1) is 0 Å². The van der Waals surface area contributed by atoms with Crippen molar-refractivity contribution in [2.24, 2.45) is 0 Å². The first-order chi connectivity index (χ1) is 9.17. The third-order valence-corrected chi connectivity index (χ3v) is 3.13. The maximum Gasteiger partial charge on any atom is 0.257 e. The van der Waals surface area contributed by atoms with Crippen LogP contribution in [0.15, 0.2) is 18.2 Å². The normalized spacial score (nSPS) is 10.1. The van der Waals surface area contributed by atoms with Gasteiger partial charge in [0.05, 0.1) is 19.8 Å². The molecule has 0 unspecified atom stereocenters. The van der Waals surface area contributed by atoms with Crippen molar-refractivity contribution >= 4 is 21.8 Å². The molecule has 1 rings (SSSR count). The molecule has 0 N–H and O–H groups in total. The van der Waals surface area contributed by atoms with E-state index in [-0.39, 0.29) is 5.91 Å². The molecule has 5 heteroatoms. The van der Waals surface area contributed by atoms with E-state index in [2.05, 4.69) is 22.9 Å². The monoisotopic (exact) mass is 329 g/mol. The Labute approximate surface area is 122 Å². The summed E-state index contributed by atoms with van der Waals surface area (Å²) < 4.78 is 10.4. The van der Waals surface area contributed by atoms with Crippen LogP contribution in [0.2, 0.25) is 0 Å². The van der Waals surface area contributed by atoms with Crippen molar-refractivity contribution in [3.8, 4) is 11.5 Å². The number of rotatable bonds is 7. The molecule has 0 bridgehead atoms. The van der Waals surface area contributed by atoms with Crippen LogP contribution in [-0.2, 0) is 0 Å². The van der Waals surface area contributed by atoms with Crippen molar-refractivity contribution in [3.05, 3.63) is 23.8 Å². The van der Waals surface area contributed by atoms with Gasteiger partial charge >= 0.3 is 0 Å². The lowest BCUT2D eigenvalue weighted by molar-refractivity contribution is 0.0762. The molecule has 0 heterocycles. The van der Waals surface area contributed by atoms with E-state index in [4.69, 9.17) is 9.47 Å². The number of alkyl halides is 1. The highest BCUT2D eigenvalue weighted by Gasteiger charge is 2.19. The number of nitrogens with zero attached hydrogens (tertiary/aromatic N) is 1. The van der Waals surface area contributed by atoms with Crippen molar-refractivity contribution < 1.29 is 14.3 Å². The number of carbonyl (C=O) groups excluding carboxylic acids is 1. The van der Waals surface area contributed by atoms with Crippen LogP contribution in [0.1, 0.15) is 23.7 Å². The summed E-state index contributed by atoms with van der Waals surface area (Å²) in [7, 11) is 3.14. The number of methoxy groups -OCH3 is 2. The van der Waals surface area contributed by atoms with E-state index in [1.54, 1.807) is 32.4 Å². The highest BCUT2D eigenvalue weighted by Crippen LogP contribution is 2.25. The first-order valence-corrected chi connectivity index (χ1v) is 7.37. The van der Waals surface area contributed by atoms with Crippen LogP contribution < -0.4 is 9.47 Å². The van der Waals surface area contributed by atoms with E-state index < -0.39 is 0 Å². The molecular formula is C14H20BrNO3. The fourth-order valence-corrected chi connectivity index (χ4v) is 2.27. The third kappa shape index (κ3) is 4.13. The zero-order chi connectivity index (χ0) is 14.3. The molecule has 4 nitrogen and oxygen atoms in total. The Kier molecular flexibility index (Phi) is 6.70. The topological polar surface area (TPSA) is 38.8 Å². The Bertz CT molecular complexity index is 417. The lowest BCUT2D eigenvalue weighted by Crippen LogP contribution is -2.33. The largest absolute Gasteiger partial charge is 0.497 e. The Morgan fingerprint density at radius 1 is 1.26 bits per heavy atom. The highest BCUT2D eigenvalue weighted by molar-refractivity contribution is 9.09. The molecule has 0 aliphatic rings. The van der Waals surface area contributed by atoms with Gasteiger partial charge in [-0.2, -0.15) is 0 Å². The minimum Gasteiger partial charge on any atom is -0.497 e. The number of hydrogen-bond donors (Lipinski definition) is 0. The van der Waals surface area contributed by atoms with E-state index in [1.165, 1.54) is 0 Å². The molecule has 0 aliphatic carbocycles. The molecule has 19 heavy (non-hydrogen) atoms. The van der Waals surface area contributed by atoms with Crippen LogP contribution in [-0.4, -0.2) is 43.4 Å². The van der Waals surface area contributed by atoms with E-state index in [0.717, 1.165) is 18.3 Å². The summed E-state index contributed by atoms with van der Waals surface area (Å²) in [6.45, 7) is 3.45. The Balaban J connectivity index is 3.06. The van der Waals surface area contributed by atoms with Crippen molar-refractivity contribution in [2.45, 2.75) is 13.3 Å². The lowest BCUT2D eigenvalue weighted by atomic mass is 10.1. The molecular weight excluding hydrogens is 310 g/mol. The molecule has 0 radical (unpaired) electrons. The third-order valence-electron chi connectivity index (χ3n) is 2.77. The molecule has 0 spiro atoms. The SMILES string of the molecule is CCCN(CCBr)C(=O)c1cc(OC)ccc1OC. The van der Waals surface area contributed by atoms with Crippen molar-refractivity contribution in [3.63, 3.8) is 0 Å². The van der Waals surface area contributed by atoms with Gasteiger partial charge in [-0.3, -0.25) is 4.79 Å². The van der Waals surface area contributed by atoms with Gasteiger partial charge in [0.25, 0.3) is 5.91 Å². The van der Waals surface area contributed by atoms with E-state index in [9.17, 15) is 4.79 Å². The van der Waals surface area contributed by atoms with Gasteiger partial charge in [0.1, 0.15) is 11.5 Å². The second-order valence-corrected chi connectivity index (χ2v) is 4.84. The molecule has 0 aromatic heterocycles. The lowest BCUT2D eigenvalue weighted by Gasteiger charge is -2.22. The molecule has 0 saturated heterocycles. The molecule has 0 atom stereocenters. The fourth-order valence-electron chi connectivity index (χ4n) is 1.84. The Morgan fingerprint density at radius 3 is 2.53 bits per heavy atom. The number of halogens is 1. The predicted octanol–water partition coefficient (Wildman–Crippen LogP) is 2.95. The predicted molar refractivity (Wildman–Crippen MR) is 79.5 cm³/mol. The van der Waals surface area contributed by atoms with Gasteiger partial charge in [-0.15, -0.1) is 0 Å². The van der Waals surface area contributed by atoms with Gasteiger partial charge < -0.3 is 14.4 Å². The van der Waals surface area contributed by atoms with Gasteiger partial charge in [-0.25, -0.2) is 0 Å².